The van der Waals surface area contributed by atoms with Crippen molar-refractivity contribution >= 4 is 29.9 Å². The average molecular weight is 500 g/mol. The molecular formula is C20H30FIN6. The molecule has 1 aliphatic rings. The number of aliphatic imine (C=N–C) groups is 1. The van der Waals surface area contributed by atoms with E-state index in [1.165, 1.54) is 25.3 Å². The summed E-state index contributed by atoms with van der Waals surface area (Å²) in [6.45, 7) is 5.23. The van der Waals surface area contributed by atoms with Crippen molar-refractivity contribution in [2.75, 3.05) is 19.6 Å². The van der Waals surface area contributed by atoms with Crippen LogP contribution in [-0.4, -0.2) is 40.4 Å². The van der Waals surface area contributed by atoms with Gasteiger partial charge in [0.25, 0.3) is 0 Å². The van der Waals surface area contributed by atoms with Crippen LogP contribution < -0.4 is 10.6 Å². The molecule has 0 radical (unpaired) electrons. The van der Waals surface area contributed by atoms with Gasteiger partial charge in [0.2, 0.25) is 0 Å². The van der Waals surface area contributed by atoms with Gasteiger partial charge in [0.05, 0.1) is 0 Å². The molecule has 8 heteroatoms. The molecule has 2 heterocycles. The van der Waals surface area contributed by atoms with Gasteiger partial charge in [0.15, 0.2) is 5.96 Å². The second kappa shape index (κ2) is 12.0. The number of halogens is 2. The molecule has 0 unspecified atom stereocenters. The third-order valence-corrected chi connectivity index (χ3v) is 4.73. The van der Waals surface area contributed by atoms with Gasteiger partial charge in [-0.1, -0.05) is 18.6 Å². The summed E-state index contributed by atoms with van der Waals surface area (Å²) in [5.41, 5.74) is 0.976. The molecule has 0 fully saturated rings. The van der Waals surface area contributed by atoms with Crippen LogP contribution >= 0.6 is 24.0 Å². The van der Waals surface area contributed by atoms with Crippen LogP contribution in [0.15, 0.2) is 29.3 Å². The van der Waals surface area contributed by atoms with Crippen LogP contribution in [0.25, 0.3) is 0 Å². The molecule has 0 atom stereocenters. The van der Waals surface area contributed by atoms with Gasteiger partial charge in [-0.15, -0.1) is 34.2 Å². The lowest BCUT2D eigenvalue weighted by atomic mass is 10.1. The van der Waals surface area contributed by atoms with Crippen molar-refractivity contribution in [1.29, 1.82) is 0 Å². The first kappa shape index (κ1) is 22.6. The van der Waals surface area contributed by atoms with Gasteiger partial charge in [-0.05, 0) is 43.9 Å². The number of fused-ring (bicyclic) bond motifs is 1. The molecule has 1 aromatic heterocycles. The van der Waals surface area contributed by atoms with Crippen LogP contribution in [0, 0.1) is 5.82 Å². The Morgan fingerprint density at radius 2 is 2.07 bits per heavy atom. The van der Waals surface area contributed by atoms with Crippen molar-refractivity contribution in [3.05, 3.63) is 47.3 Å². The molecule has 28 heavy (non-hydrogen) atoms. The molecule has 1 aromatic carbocycles. The molecule has 0 bridgehead atoms. The van der Waals surface area contributed by atoms with E-state index in [0.717, 1.165) is 55.5 Å². The Kier molecular flexibility index (Phi) is 9.66. The highest BCUT2D eigenvalue weighted by Gasteiger charge is 2.14. The second-order valence-electron chi connectivity index (χ2n) is 6.81. The van der Waals surface area contributed by atoms with Gasteiger partial charge in [-0.3, -0.25) is 4.99 Å². The molecule has 0 aliphatic carbocycles. The zero-order valence-corrected chi connectivity index (χ0v) is 18.8. The van der Waals surface area contributed by atoms with Crippen molar-refractivity contribution in [3.8, 4) is 0 Å². The van der Waals surface area contributed by atoms with Crippen LogP contribution in [0.4, 0.5) is 4.39 Å². The number of aromatic nitrogens is 3. The normalized spacial score (nSPS) is 14.0. The quantitative estimate of drug-likeness (QED) is 0.349. The lowest BCUT2D eigenvalue weighted by Crippen LogP contribution is -2.38. The number of hydrogen-bond acceptors (Lipinski definition) is 3. The summed E-state index contributed by atoms with van der Waals surface area (Å²) in [6.07, 6.45) is 6.23. The first-order chi connectivity index (χ1) is 13.3. The molecule has 3 rings (SSSR count). The third-order valence-electron chi connectivity index (χ3n) is 4.73. The van der Waals surface area contributed by atoms with Crippen LogP contribution in [-0.2, 0) is 25.8 Å². The topological polar surface area (TPSA) is 67.1 Å². The average Bonchev–Trinajstić information content (AvgIpc) is 2.88. The Labute approximate surface area is 183 Å². The molecule has 2 N–H and O–H groups in total. The minimum atomic E-state index is -0.194. The van der Waals surface area contributed by atoms with Crippen LogP contribution in [0.3, 0.4) is 0 Å². The van der Waals surface area contributed by atoms with E-state index in [0.29, 0.717) is 13.1 Å². The molecule has 0 saturated heterocycles. The van der Waals surface area contributed by atoms with E-state index in [4.69, 9.17) is 0 Å². The summed E-state index contributed by atoms with van der Waals surface area (Å²) in [4.78, 5) is 4.65. The molecule has 0 amide bonds. The number of hydrogen-bond donors (Lipinski definition) is 2. The van der Waals surface area contributed by atoms with E-state index < -0.39 is 0 Å². The molecule has 0 saturated carbocycles. The Morgan fingerprint density at radius 1 is 1.18 bits per heavy atom. The Hall–Kier alpha value is -1.71. The number of nitrogens with one attached hydrogen (secondary N) is 2. The number of benzene rings is 1. The minimum Gasteiger partial charge on any atom is -0.357 e. The van der Waals surface area contributed by atoms with E-state index in [1.54, 1.807) is 12.1 Å². The number of nitrogens with zero attached hydrogens (tertiary/aromatic N) is 4. The summed E-state index contributed by atoms with van der Waals surface area (Å²) in [5, 5.41) is 15.3. The maximum absolute atomic E-state index is 13.3. The fraction of sp³-hybridized carbons (Fsp3) is 0.550. The van der Waals surface area contributed by atoms with Gasteiger partial charge in [-0.2, -0.15) is 0 Å². The predicted octanol–water partition coefficient (Wildman–Crippen LogP) is 3.10. The van der Waals surface area contributed by atoms with E-state index in [1.807, 2.05) is 13.0 Å². The van der Waals surface area contributed by atoms with E-state index in [-0.39, 0.29) is 29.8 Å². The highest BCUT2D eigenvalue weighted by Crippen LogP contribution is 2.14. The summed E-state index contributed by atoms with van der Waals surface area (Å²) in [5.74, 6) is 2.74. The standard InChI is InChI=1S/C20H29FN6.HI/c1-2-22-20(23-12-10-16-7-6-8-17(21)15-16)24-13-11-19-26-25-18-9-4-3-5-14-27(18)19;/h6-8,15H,2-5,9-14H2,1H3,(H2,22,23,24);1H. The highest BCUT2D eigenvalue weighted by molar-refractivity contribution is 14.0. The van der Waals surface area contributed by atoms with Crippen molar-refractivity contribution in [2.24, 2.45) is 4.99 Å². The smallest absolute Gasteiger partial charge is 0.191 e. The molecule has 154 valence electrons. The Balaban J connectivity index is 0.00000280. The fourth-order valence-corrected chi connectivity index (χ4v) is 3.36. The summed E-state index contributed by atoms with van der Waals surface area (Å²) in [7, 11) is 0. The second-order valence-corrected chi connectivity index (χ2v) is 6.81. The number of aryl methyl sites for hydroxylation is 1. The minimum absolute atomic E-state index is 0. The van der Waals surface area contributed by atoms with Crippen molar-refractivity contribution in [2.45, 2.75) is 52.0 Å². The van der Waals surface area contributed by atoms with E-state index >= 15 is 0 Å². The van der Waals surface area contributed by atoms with Crippen molar-refractivity contribution < 1.29 is 4.39 Å². The predicted molar refractivity (Wildman–Crippen MR) is 121 cm³/mol. The lowest BCUT2D eigenvalue weighted by Gasteiger charge is -2.11. The zero-order valence-electron chi connectivity index (χ0n) is 16.5. The van der Waals surface area contributed by atoms with Crippen molar-refractivity contribution in [1.82, 2.24) is 25.4 Å². The summed E-state index contributed by atoms with van der Waals surface area (Å²) >= 11 is 0. The van der Waals surface area contributed by atoms with Crippen LogP contribution in [0.2, 0.25) is 0 Å². The van der Waals surface area contributed by atoms with Crippen molar-refractivity contribution in [3.63, 3.8) is 0 Å². The first-order valence-electron chi connectivity index (χ1n) is 9.94. The highest BCUT2D eigenvalue weighted by atomic mass is 127. The lowest BCUT2D eigenvalue weighted by molar-refractivity contribution is 0.604. The van der Waals surface area contributed by atoms with Gasteiger partial charge < -0.3 is 15.2 Å². The van der Waals surface area contributed by atoms with Gasteiger partial charge in [0.1, 0.15) is 17.5 Å². The van der Waals surface area contributed by atoms with Gasteiger partial charge in [0, 0.05) is 39.0 Å². The summed E-state index contributed by atoms with van der Waals surface area (Å²) in [6, 6.07) is 6.72. The fourth-order valence-electron chi connectivity index (χ4n) is 3.36. The maximum Gasteiger partial charge on any atom is 0.191 e. The molecule has 2 aromatic rings. The largest absolute Gasteiger partial charge is 0.357 e. The zero-order chi connectivity index (χ0) is 18.9. The third kappa shape index (κ3) is 6.72. The van der Waals surface area contributed by atoms with Gasteiger partial charge >= 0.3 is 0 Å². The SMILES string of the molecule is CCNC(=NCCc1nnc2n1CCCCC2)NCCc1cccc(F)c1.I. The summed E-state index contributed by atoms with van der Waals surface area (Å²) < 4.78 is 15.5. The Bertz CT molecular complexity index is 761. The number of rotatable bonds is 7. The number of guanidine groups is 1. The van der Waals surface area contributed by atoms with E-state index in [2.05, 4.69) is 30.4 Å². The monoisotopic (exact) mass is 500 g/mol. The molecule has 0 spiro atoms. The molecular weight excluding hydrogens is 470 g/mol. The van der Waals surface area contributed by atoms with E-state index in [9.17, 15) is 4.39 Å². The van der Waals surface area contributed by atoms with Crippen LogP contribution in [0.1, 0.15) is 43.4 Å². The first-order valence-corrected chi connectivity index (χ1v) is 9.94. The molecule has 6 nitrogen and oxygen atoms in total. The maximum atomic E-state index is 13.3. The van der Waals surface area contributed by atoms with Crippen LogP contribution in [0.5, 0.6) is 0 Å². The van der Waals surface area contributed by atoms with Gasteiger partial charge in [-0.25, -0.2) is 4.39 Å². The molecule has 1 aliphatic heterocycles. The Morgan fingerprint density at radius 3 is 2.89 bits per heavy atom.